The maximum absolute atomic E-state index is 13.6. The molecular formula is C13H20FNO4S. The standard InChI is InChI=1S/C13H20FNO4S/c1-4-19-8-10(3)15-20(17,18)12-5-9(2)13(14)11(6-12)7-16/h5-6,10,15-16H,4,7-8H2,1-3H3. The van der Waals surface area contributed by atoms with Gasteiger partial charge in [0.05, 0.1) is 18.1 Å². The summed E-state index contributed by atoms with van der Waals surface area (Å²) in [6, 6.07) is 1.98. The molecule has 7 heteroatoms. The van der Waals surface area contributed by atoms with Gasteiger partial charge < -0.3 is 9.84 Å². The first-order valence-electron chi connectivity index (χ1n) is 6.31. The van der Waals surface area contributed by atoms with Crippen molar-refractivity contribution >= 4 is 10.0 Å². The molecule has 0 aliphatic carbocycles. The Morgan fingerprint density at radius 1 is 1.45 bits per heavy atom. The van der Waals surface area contributed by atoms with Gasteiger partial charge in [0.15, 0.2) is 0 Å². The molecule has 1 rings (SSSR count). The lowest BCUT2D eigenvalue weighted by Crippen LogP contribution is -2.36. The molecule has 1 atom stereocenters. The van der Waals surface area contributed by atoms with Crippen molar-refractivity contribution in [2.45, 2.75) is 38.3 Å². The highest BCUT2D eigenvalue weighted by Gasteiger charge is 2.20. The van der Waals surface area contributed by atoms with Crippen molar-refractivity contribution in [2.24, 2.45) is 0 Å². The fraction of sp³-hybridized carbons (Fsp3) is 0.538. The van der Waals surface area contributed by atoms with Crippen LogP contribution >= 0.6 is 0 Å². The summed E-state index contributed by atoms with van der Waals surface area (Å²) < 4.78 is 45.5. The van der Waals surface area contributed by atoms with Gasteiger partial charge in [-0.2, -0.15) is 0 Å². The molecule has 0 fully saturated rings. The second kappa shape index (κ2) is 7.12. The Morgan fingerprint density at radius 3 is 2.65 bits per heavy atom. The summed E-state index contributed by atoms with van der Waals surface area (Å²) in [6.07, 6.45) is 0. The second-order valence-corrected chi connectivity index (χ2v) is 6.27. The number of aryl methyl sites for hydroxylation is 1. The first-order chi connectivity index (χ1) is 9.31. The summed E-state index contributed by atoms with van der Waals surface area (Å²) in [6.45, 7) is 5.15. The van der Waals surface area contributed by atoms with Crippen LogP contribution in [-0.4, -0.2) is 32.8 Å². The van der Waals surface area contributed by atoms with E-state index in [4.69, 9.17) is 9.84 Å². The molecule has 1 unspecified atom stereocenters. The molecule has 0 saturated heterocycles. The molecule has 0 aliphatic rings. The van der Waals surface area contributed by atoms with Crippen molar-refractivity contribution in [3.8, 4) is 0 Å². The highest BCUT2D eigenvalue weighted by molar-refractivity contribution is 7.89. The normalized spacial score (nSPS) is 13.4. The number of aliphatic hydroxyl groups is 1. The van der Waals surface area contributed by atoms with E-state index in [1.54, 1.807) is 6.92 Å². The average molecular weight is 305 g/mol. The van der Waals surface area contributed by atoms with Crippen molar-refractivity contribution in [3.63, 3.8) is 0 Å². The minimum Gasteiger partial charge on any atom is -0.392 e. The lowest BCUT2D eigenvalue weighted by atomic mass is 10.1. The van der Waals surface area contributed by atoms with Gasteiger partial charge in [0, 0.05) is 18.2 Å². The predicted octanol–water partition coefficient (Wildman–Crippen LogP) is 1.33. The number of ether oxygens (including phenoxy) is 1. The minimum absolute atomic E-state index is 0.0390. The highest BCUT2D eigenvalue weighted by atomic mass is 32.2. The first-order valence-corrected chi connectivity index (χ1v) is 7.80. The molecule has 0 aromatic heterocycles. The van der Waals surface area contributed by atoms with Gasteiger partial charge in [0.1, 0.15) is 5.82 Å². The van der Waals surface area contributed by atoms with Crippen LogP contribution in [0.3, 0.4) is 0 Å². The van der Waals surface area contributed by atoms with Gasteiger partial charge >= 0.3 is 0 Å². The minimum atomic E-state index is -3.77. The van der Waals surface area contributed by atoms with Gasteiger partial charge in [0.25, 0.3) is 0 Å². The van der Waals surface area contributed by atoms with E-state index in [0.717, 1.165) is 6.07 Å². The third kappa shape index (κ3) is 4.24. The molecule has 0 bridgehead atoms. The van der Waals surface area contributed by atoms with Gasteiger partial charge in [-0.15, -0.1) is 0 Å². The topological polar surface area (TPSA) is 75.6 Å². The van der Waals surface area contributed by atoms with E-state index in [-0.39, 0.29) is 22.6 Å². The van der Waals surface area contributed by atoms with Crippen molar-refractivity contribution in [2.75, 3.05) is 13.2 Å². The van der Waals surface area contributed by atoms with Gasteiger partial charge in [-0.1, -0.05) is 0 Å². The Labute approximate surface area is 118 Å². The summed E-state index contributed by atoms with van der Waals surface area (Å²) in [4.78, 5) is -0.0659. The SMILES string of the molecule is CCOCC(C)NS(=O)(=O)c1cc(C)c(F)c(CO)c1. The maximum Gasteiger partial charge on any atom is 0.240 e. The highest BCUT2D eigenvalue weighted by Crippen LogP contribution is 2.19. The van der Waals surface area contributed by atoms with Crippen molar-refractivity contribution < 1.29 is 22.7 Å². The van der Waals surface area contributed by atoms with E-state index in [9.17, 15) is 12.8 Å². The van der Waals surface area contributed by atoms with Crippen molar-refractivity contribution in [1.29, 1.82) is 0 Å². The summed E-state index contributed by atoms with van der Waals surface area (Å²) in [7, 11) is -3.77. The average Bonchev–Trinajstić information content (AvgIpc) is 2.38. The Hall–Kier alpha value is -1.02. The van der Waals surface area contributed by atoms with Crippen LogP contribution in [-0.2, 0) is 21.4 Å². The molecule has 114 valence electrons. The quantitative estimate of drug-likeness (QED) is 0.797. The van der Waals surface area contributed by atoms with Crippen LogP contribution in [0.5, 0.6) is 0 Å². The van der Waals surface area contributed by atoms with Crippen LogP contribution in [0.2, 0.25) is 0 Å². The third-order valence-electron chi connectivity index (χ3n) is 2.71. The van der Waals surface area contributed by atoms with Gasteiger partial charge in [-0.05, 0) is 38.5 Å². The Balaban J connectivity index is 3.01. The molecule has 1 aromatic carbocycles. The Kier molecular flexibility index (Phi) is 6.07. The predicted molar refractivity (Wildman–Crippen MR) is 73.3 cm³/mol. The summed E-state index contributed by atoms with van der Waals surface area (Å²) in [5.74, 6) is -0.589. The number of hydrogen-bond acceptors (Lipinski definition) is 4. The van der Waals surface area contributed by atoms with Crippen molar-refractivity contribution in [3.05, 3.63) is 29.1 Å². The van der Waals surface area contributed by atoms with E-state index in [2.05, 4.69) is 4.72 Å². The van der Waals surface area contributed by atoms with Crippen LogP contribution in [0.25, 0.3) is 0 Å². The van der Waals surface area contributed by atoms with Gasteiger partial charge in [-0.3, -0.25) is 0 Å². The van der Waals surface area contributed by atoms with Crippen LogP contribution in [0.15, 0.2) is 17.0 Å². The molecule has 20 heavy (non-hydrogen) atoms. The van der Waals surface area contributed by atoms with Crippen LogP contribution < -0.4 is 4.72 Å². The number of halogens is 1. The first kappa shape index (κ1) is 17.0. The summed E-state index contributed by atoms with van der Waals surface area (Å²) in [5, 5.41) is 9.06. The molecule has 0 spiro atoms. The fourth-order valence-corrected chi connectivity index (χ4v) is 3.10. The summed E-state index contributed by atoms with van der Waals surface area (Å²) in [5.41, 5.74) is 0.136. The second-order valence-electron chi connectivity index (χ2n) is 4.55. The van der Waals surface area contributed by atoms with Crippen LogP contribution in [0.4, 0.5) is 4.39 Å². The van der Waals surface area contributed by atoms with Crippen LogP contribution in [0, 0.1) is 12.7 Å². The number of nitrogens with one attached hydrogen (secondary N) is 1. The number of hydrogen-bond donors (Lipinski definition) is 2. The molecule has 0 aliphatic heterocycles. The number of aliphatic hydroxyl groups excluding tert-OH is 1. The largest absolute Gasteiger partial charge is 0.392 e. The summed E-state index contributed by atoms with van der Waals surface area (Å²) >= 11 is 0. The molecule has 0 radical (unpaired) electrons. The van der Waals surface area contributed by atoms with E-state index < -0.39 is 28.5 Å². The lowest BCUT2D eigenvalue weighted by Gasteiger charge is -2.15. The number of rotatable bonds is 7. The maximum atomic E-state index is 13.6. The molecule has 1 aromatic rings. The monoisotopic (exact) mass is 305 g/mol. The van der Waals surface area contributed by atoms with E-state index in [1.165, 1.54) is 13.0 Å². The van der Waals surface area contributed by atoms with E-state index in [0.29, 0.717) is 6.61 Å². The number of benzene rings is 1. The van der Waals surface area contributed by atoms with Crippen LogP contribution in [0.1, 0.15) is 25.0 Å². The zero-order valence-electron chi connectivity index (χ0n) is 11.8. The molecule has 5 nitrogen and oxygen atoms in total. The van der Waals surface area contributed by atoms with E-state index in [1.807, 2.05) is 6.92 Å². The lowest BCUT2D eigenvalue weighted by molar-refractivity contribution is 0.133. The van der Waals surface area contributed by atoms with Gasteiger partial charge in [0.2, 0.25) is 10.0 Å². The molecule has 0 heterocycles. The van der Waals surface area contributed by atoms with E-state index >= 15 is 0 Å². The third-order valence-corrected chi connectivity index (χ3v) is 4.28. The Bertz CT molecular complexity index is 560. The van der Waals surface area contributed by atoms with Gasteiger partial charge in [-0.25, -0.2) is 17.5 Å². The molecule has 0 amide bonds. The molecular weight excluding hydrogens is 285 g/mol. The smallest absolute Gasteiger partial charge is 0.240 e. The zero-order valence-corrected chi connectivity index (χ0v) is 12.6. The number of sulfonamides is 1. The van der Waals surface area contributed by atoms with Crippen molar-refractivity contribution in [1.82, 2.24) is 4.72 Å². The molecule has 2 N–H and O–H groups in total. The Morgan fingerprint density at radius 2 is 2.10 bits per heavy atom. The fourth-order valence-electron chi connectivity index (χ4n) is 1.74. The zero-order chi connectivity index (χ0) is 15.3. The molecule has 0 saturated carbocycles.